The van der Waals surface area contributed by atoms with E-state index in [9.17, 15) is 4.79 Å². The van der Waals surface area contributed by atoms with Crippen LogP contribution in [0, 0.1) is 5.92 Å². The molecule has 1 amide bonds. The number of benzene rings is 1. The summed E-state index contributed by atoms with van der Waals surface area (Å²) in [5, 5.41) is 6.09. The first kappa shape index (κ1) is 20.7. The van der Waals surface area contributed by atoms with Gasteiger partial charge in [0.25, 0.3) is 5.91 Å². The first-order chi connectivity index (χ1) is 10.7. The summed E-state index contributed by atoms with van der Waals surface area (Å²) in [5.74, 6) is 1.60. The molecule has 1 aromatic carbocycles. The molecule has 2 aromatic rings. The molecule has 0 unspecified atom stereocenters. The summed E-state index contributed by atoms with van der Waals surface area (Å²) in [6, 6.07) is 10.9. The Balaban J connectivity index is 0.00000144. The first-order valence-electron chi connectivity index (χ1n) is 7.09. The number of halogens is 3. The lowest BCUT2D eigenvalue weighted by Gasteiger charge is -2.27. The molecule has 8 heteroatoms. The topological polar surface area (TPSA) is 63.2 Å². The van der Waals surface area contributed by atoms with Crippen molar-refractivity contribution in [3.05, 3.63) is 52.6 Å². The van der Waals surface area contributed by atoms with Crippen LogP contribution in [-0.2, 0) is 0 Å². The predicted molar refractivity (Wildman–Crippen MR) is 102 cm³/mol. The van der Waals surface area contributed by atoms with Crippen LogP contribution in [0.1, 0.15) is 10.4 Å². The molecule has 0 bridgehead atoms. The van der Waals surface area contributed by atoms with Gasteiger partial charge in [-0.05, 0) is 30.3 Å². The summed E-state index contributed by atoms with van der Waals surface area (Å²) >= 11 is 3.37. The molecule has 1 aliphatic heterocycles. The minimum atomic E-state index is -0.102. The van der Waals surface area contributed by atoms with Gasteiger partial charge in [0.15, 0.2) is 0 Å². The lowest BCUT2D eigenvalue weighted by atomic mass is 10.0. The van der Waals surface area contributed by atoms with Crippen molar-refractivity contribution in [1.82, 2.24) is 15.6 Å². The maximum Gasteiger partial charge on any atom is 0.252 e. The molecule has 0 saturated carbocycles. The van der Waals surface area contributed by atoms with E-state index < -0.39 is 0 Å². The maximum atomic E-state index is 12.0. The van der Waals surface area contributed by atoms with Gasteiger partial charge < -0.3 is 15.4 Å². The molecule has 24 heavy (non-hydrogen) atoms. The Morgan fingerprint density at radius 2 is 1.92 bits per heavy atom. The predicted octanol–water partition coefficient (Wildman–Crippen LogP) is 3.43. The highest BCUT2D eigenvalue weighted by atomic mass is 79.9. The fourth-order valence-corrected chi connectivity index (χ4v) is 2.29. The van der Waals surface area contributed by atoms with Crippen LogP contribution in [0.2, 0.25) is 0 Å². The number of hydrogen-bond acceptors (Lipinski definition) is 4. The van der Waals surface area contributed by atoms with Gasteiger partial charge >= 0.3 is 0 Å². The van der Waals surface area contributed by atoms with Gasteiger partial charge in [-0.25, -0.2) is 4.98 Å². The minimum absolute atomic E-state index is 0. The Kier molecular flexibility index (Phi) is 8.48. The van der Waals surface area contributed by atoms with Crippen LogP contribution in [0.15, 0.2) is 47.1 Å². The van der Waals surface area contributed by atoms with Crippen molar-refractivity contribution >= 4 is 46.7 Å². The summed E-state index contributed by atoms with van der Waals surface area (Å²) in [6.07, 6.45) is 1.53. The van der Waals surface area contributed by atoms with Crippen molar-refractivity contribution in [2.45, 2.75) is 0 Å². The van der Waals surface area contributed by atoms with Crippen LogP contribution in [0.25, 0.3) is 0 Å². The number of carbonyl (C=O) groups is 1. The molecular weight excluding hydrogens is 417 g/mol. The number of aromatic nitrogens is 1. The zero-order chi connectivity index (χ0) is 15.4. The number of hydrogen-bond donors (Lipinski definition) is 2. The van der Waals surface area contributed by atoms with E-state index in [2.05, 4.69) is 31.5 Å². The Labute approximate surface area is 161 Å². The van der Waals surface area contributed by atoms with E-state index in [0.717, 1.165) is 17.6 Å². The van der Waals surface area contributed by atoms with E-state index in [4.69, 9.17) is 4.74 Å². The highest BCUT2D eigenvalue weighted by Gasteiger charge is 2.17. The second-order valence-corrected chi connectivity index (χ2v) is 6.09. The molecule has 0 atom stereocenters. The fraction of sp³-hybridized carbons (Fsp3) is 0.250. The standard InChI is InChI=1S/C16H16BrN3O2.2ClH/c17-13-2-4-14(5-3-13)22-15-6-1-12(10-19-15)16(21)20-9-11-7-18-8-11;;/h1-6,10-11,18H,7-9H2,(H,20,21);2*1H. The number of ether oxygens (including phenoxy) is 1. The molecule has 0 spiro atoms. The summed E-state index contributed by atoms with van der Waals surface area (Å²) in [4.78, 5) is 16.2. The average molecular weight is 435 g/mol. The zero-order valence-corrected chi connectivity index (χ0v) is 15.9. The smallest absolute Gasteiger partial charge is 0.252 e. The van der Waals surface area contributed by atoms with Crippen molar-refractivity contribution in [3.8, 4) is 11.6 Å². The van der Waals surface area contributed by atoms with Crippen molar-refractivity contribution in [2.75, 3.05) is 19.6 Å². The Hall–Kier alpha value is -1.34. The summed E-state index contributed by atoms with van der Waals surface area (Å²) in [6.45, 7) is 2.64. The third-order valence-electron chi connectivity index (χ3n) is 3.45. The van der Waals surface area contributed by atoms with Crippen molar-refractivity contribution in [2.24, 2.45) is 5.92 Å². The van der Waals surface area contributed by atoms with Crippen LogP contribution < -0.4 is 15.4 Å². The van der Waals surface area contributed by atoms with Gasteiger partial charge in [-0.2, -0.15) is 0 Å². The van der Waals surface area contributed by atoms with Crippen molar-refractivity contribution < 1.29 is 9.53 Å². The van der Waals surface area contributed by atoms with E-state index in [-0.39, 0.29) is 30.7 Å². The van der Waals surface area contributed by atoms with E-state index in [1.165, 1.54) is 6.20 Å². The highest BCUT2D eigenvalue weighted by Crippen LogP contribution is 2.21. The van der Waals surface area contributed by atoms with Gasteiger partial charge in [-0.1, -0.05) is 15.9 Å². The largest absolute Gasteiger partial charge is 0.439 e. The highest BCUT2D eigenvalue weighted by molar-refractivity contribution is 9.10. The van der Waals surface area contributed by atoms with Crippen molar-refractivity contribution in [3.63, 3.8) is 0 Å². The van der Waals surface area contributed by atoms with Gasteiger partial charge in [-0.3, -0.25) is 4.79 Å². The van der Waals surface area contributed by atoms with Crippen molar-refractivity contribution in [1.29, 1.82) is 0 Å². The van der Waals surface area contributed by atoms with Crippen LogP contribution in [0.4, 0.5) is 0 Å². The lowest BCUT2D eigenvalue weighted by molar-refractivity contribution is 0.0942. The van der Waals surface area contributed by atoms with Gasteiger partial charge in [0.1, 0.15) is 5.75 Å². The third kappa shape index (κ3) is 5.63. The average Bonchev–Trinajstić information content (AvgIpc) is 2.49. The quantitative estimate of drug-likeness (QED) is 0.756. The first-order valence-corrected chi connectivity index (χ1v) is 7.88. The third-order valence-corrected chi connectivity index (χ3v) is 3.98. The van der Waals surface area contributed by atoms with E-state index in [0.29, 0.717) is 29.7 Å². The Morgan fingerprint density at radius 1 is 1.21 bits per heavy atom. The summed E-state index contributed by atoms with van der Waals surface area (Å²) in [5.41, 5.74) is 0.537. The van der Waals surface area contributed by atoms with E-state index in [1.54, 1.807) is 12.1 Å². The number of pyridine rings is 1. The molecule has 0 radical (unpaired) electrons. The minimum Gasteiger partial charge on any atom is -0.439 e. The second-order valence-electron chi connectivity index (χ2n) is 5.18. The normalized spacial score (nSPS) is 13.0. The van der Waals surface area contributed by atoms with E-state index >= 15 is 0 Å². The molecule has 1 fully saturated rings. The zero-order valence-electron chi connectivity index (χ0n) is 12.7. The van der Waals surface area contributed by atoms with Gasteiger partial charge in [-0.15, -0.1) is 24.8 Å². The Morgan fingerprint density at radius 3 is 2.46 bits per heavy atom. The van der Waals surface area contributed by atoms with Gasteiger partial charge in [0.05, 0.1) is 5.56 Å². The number of carbonyl (C=O) groups excluding carboxylic acids is 1. The molecule has 1 saturated heterocycles. The van der Waals surface area contributed by atoms with E-state index in [1.807, 2.05) is 24.3 Å². The van der Waals surface area contributed by atoms with Crippen LogP contribution in [0.5, 0.6) is 11.6 Å². The summed E-state index contributed by atoms with van der Waals surface area (Å²) < 4.78 is 6.61. The monoisotopic (exact) mass is 433 g/mol. The van der Waals surface area contributed by atoms with Gasteiger partial charge in [0, 0.05) is 42.3 Å². The van der Waals surface area contributed by atoms with Crippen LogP contribution in [-0.4, -0.2) is 30.5 Å². The molecule has 0 aliphatic carbocycles. The molecule has 5 nitrogen and oxygen atoms in total. The number of rotatable bonds is 5. The second kappa shape index (κ2) is 9.84. The fourth-order valence-electron chi connectivity index (χ4n) is 2.03. The van der Waals surface area contributed by atoms with Gasteiger partial charge in [0.2, 0.25) is 5.88 Å². The molecule has 2 N–H and O–H groups in total. The number of amides is 1. The SMILES string of the molecule is Cl.Cl.O=C(NCC1CNC1)c1ccc(Oc2ccc(Br)cc2)nc1. The molecule has 130 valence electrons. The molecule has 1 aromatic heterocycles. The summed E-state index contributed by atoms with van der Waals surface area (Å²) in [7, 11) is 0. The molecule has 3 rings (SSSR count). The lowest BCUT2D eigenvalue weighted by Crippen LogP contribution is -2.48. The van der Waals surface area contributed by atoms with Crippen LogP contribution >= 0.6 is 40.7 Å². The maximum absolute atomic E-state index is 12.0. The van der Waals surface area contributed by atoms with Crippen LogP contribution in [0.3, 0.4) is 0 Å². The molecule has 2 heterocycles. The Bertz CT molecular complexity index is 649. The number of nitrogens with one attached hydrogen (secondary N) is 2. The molecular formula is C16H18BrCl2N3O2. The number of nitrogens with zero attached hydrogens (tertiary/aromatic N) is 1. The molecule has 1 aliphatic rings.